The quantitative estimate of drug-likeness (QED) is 0.0653. The molecule has 0 unspecified atom stereocenters. The number of carboxylic acid groups (broad SMARTS) is 1. The largest absolute Gasteiger partial charge is 0.465 e. The predicted octanol–water partition coefficient (Wildman–Crippen LogP) is 6.86. The molecule has 0 spiro atoms. The highest BCUT2D eigenvalue weighted by molar-refractivity contribution is 6.14. The Morgan fingerprint density at radius 1 is 0.672 bits per heavy atom. The van der Waals surface area contributed by atoms with E-state index in [2.05, 4.69) is 31.6 Å². The van der Waals surface area contributed by atoms with Gasteiger partial charge in [-0.05, 0) is 106 Å². The number of hydrogen-bond acceptors (Lipinski definition) is 8. The molecule has 5 aromatic rings. The van der Waals surface area contributed by atoms with Crippen LogP contribution in [0.25, 0.3) is 22.2 Å². The Hall–Kier alpha value is -7.69. The fourth-order valence-electron chi connectivity index (χ4n) is 8.73. The Morgan fingerprint density at radius 2 is 1.19 bits per heavy atom. The summed E-state index contributed by atoms with van der Waals surface area (Å²) in [5, 5.41) is 24.0. The van der Waals surface area contributed by atoms with Crippen molar-refractivity contribution in [3.8, 4) is 11.3 Å². The van der Waals surface area contributed by atoms with E-state index in [9.17, 15) is 38.7 Å². The number of hydrogen-bond donors (Lipinski definition) is 7. The molecule has 0 bridgehead atoms. The molecule has 3 fully saturated rings. The molecule has 1 aliphatic carbocycles. The van der Waals surface area contributed by atoms with E-state index in [0.29, 0.717) is 89.0 Å². The zero-order valence-electron chi connectivity index (χ0n) is 37.5. The number of H-pyrrole nitrogens is 1. The summed E-state index contributed by atoms with van der Waals surface area (Å²) in [6.07, 6.45) is 1.56. The molecule has 1 saturated carbocycles. The van der Waals surface area contributed by atoms with Crippen LogP contribution in [0.15, 0.2) is 103 Å². The molecule has 2 aliphatic heterocycles. The Balaban J connectivity index is 0.991. The van der Waals surface area contributed by atoms with Crippen LogP contribution in [0.4, 0.5) is 21.0 Å². The molecule has 8 rings (SSSR count). The third kappa shape index (κ3) is 10.7. The molecule has 2 saturated heterocycles. The van der Waals surface area contributed by atoms with E-state index in [1.165, 1.54) is 9.80 Å². The smallest absolute Gasteiger partial charge is 0.408 e. The minimum Gasteiger partial charge on any atom is -0.465 e. The zero-order valence-corrected chi connectivity index (χ0v) is 37.5. The molecule has 4 atom stereocenters. The molecule has 0 radical (unpaired) electrons. The first-order chi connectivity index (χ1) is 32.1. The van der Waals surface area contributed by atoms with Gasteiger partial charge in [0.1, 0.15) is 29.8 Å². The highest BCUT2D eigenvalue weighted by Crippen LogP contribution is 2.35. The van der Waals surface area contributed by atoms with Crippen molar-refractivity contribution in [3.63, 3.8) is 0 Å². The lowest BCUT2D eigenvalue weighted by Gasteiger charge is -2.29. The maximum atomic E-state index is 14.2. The van der Waals surface area contributed by atoms with Crippen LogP contribution in [0.2, 0.25) is 0 Å². The second-order valence-electron chi connectivity index (χ2n) is 18.1. The van der Waals surface area contributed by atoms with Gasteiger partial charge in [0.15, 0.2) is 0 Å². The van der Waals surface area contributed by atoms with E-state index in [0.717, 1.165) is 12.8 Å². The summed E-state index contributed by atoms with van der Waals surface area (Å²) >= 11 is 0. The second kappa shape index (κ2) is 19.4. The number of aromatic amines is 1. The van der Waals surface area contributed by atoms with Crippen molar-refractivity contribution in [1.29, 1.82) is 0 Å². The topological polar surface area (TPSA) is 231 Å². The normalized spacial score (nSPS) is 17.8. The van der Waals surface area contributed by atoms with Crippen molar-refractivity contribution < 1.29 is 43.4 Å². The van der Waals surface area contributed by atoms with E-state index < -0.39 is 65.6 Å². The SMILES string of the molecule is CC(C)(C)OC(=O)N[C@@H](C(=O)N1CCC[C@H]1C(=O)Nc1ccc2[nH]c(-c3ccc(NC(=O)[C@@H]4CCCN4C(=O)[C@H](NC(=O)O)c4ccccc4)cc3)c(C(=O)NC3CC3)c2c1)c1ccccc1. The van der Waals surface area contributed by atoms with Crippen LogP contribution in [-0.2, 0) is 23.9 Å². The van der Waals surface area contributed by atoms with E-state index in [1.807, 2.05) is 0 Å². The van der Waals surface area contributed by atoms with Gasteiger partial charge in [-0.25, -0.2) is 9.59 Å². The van der Waals surface area contributed by atoms with Gasteiger partial charge in [0.25, 0.3) is 17.7 Å². The molecular formula is C50H54N8O9. The molecule has 17 nitrogen and oxygen atoms in total. The number of alkyl carbamates (subject to hydrolysis) is 1. The minimum atomic E-state index is -1.36. The van der Waals surface area contributed by atoms with Crippen molar-refractivity contribution >= 4 is 64.0 Å². The van der Waals surface area contributed by atoms with Crippen LogP contribution in [0.5, 0.6) is 0 Å². The predicted molar refractivity (Wildman–Crippen MR) is 250 cm³/mol. The van der Waals surface area contributed by atoms with Crippen LogP contribution >= 0.6 is 0 Å². The van der Waals surface area contributed by atoms with Gasteiger partial charge >= 0.3 is 12.2 Å². The first-order valence-electron chi connectivity index (χ1n) is 22.5. The lowest BCUT2D eigenvalue weighted by atomic mass is 10.0. The number of anilines is 2. The van der Waals surface area contributed by atoms with Gasteiger partial charge in [-0.1, -0.05) is 72.8 Å². The molecule has 7 amide bonds. The van der Waals surface area contributed by atoms with Gasteiger partial charge in [-0.2, -0.15) is 0 Å². The number of carbonyl (C=O) groups excluding carboxylic acids is 6. The third-order valence-electron chi connectivity index (χ3n) is 12.0. The summed E-state index contributed by atoms with van der Waals surface area (Å²) < 4.78 is 5.47. The number of rotatable bonds is 13. The Bertz CT molecular complexity index is 2680. The molecule has 3 aliphatic rings. The van der Waals surface area contributed by atoms with Gasteiger partial charge in [0.05, 0.1) is 11.3 Å². The van der Waals surface area contributed by atoms with Crippen molar-refractivity contribution in [1.82, 2.24) is 30.7 Å². The monoisotopic (exact) mass is 910 g/mol. The minimum absolute atomic E-state index is 0.0473. The lowest BCUT2D eigenvalue weighted by Crippen LogP contribution is -2.49. The van der Waals surface area contributed by atoms with Crippen LogP contribution in [0.3, 0.4) is 0 Å². The summed E-state index contributed by atoms with van der Waals surface area (Å²) in [5.41, 5.74) is 3.27. The number of amides is 7. The van der Waals surface area contributed by atoms with Gasteiger partial charge in [-0.3, -0.25) is 24.0 Å². The Morgan fingerprint density at radius 3 is 1.72 bits per heavy atom. The van der Waals surface area contributed by atoms with Crippen LogP contribution in [0, 0.1) is 0 Å². The van der Waals surface area contributed by atoms with Crippen molar-refractivity contribution in [3.05, 3.63) is 120 Å². The maximum Gasteiger partial charge on any atom is 0.408 e. The number of aromatic nitrogens is 1. The Labute approximate surface area is 387 Å². The maximum absolute atomic E-state index is 14.2. The van der Waals surface area contributed by atoms with E-state index >= 15 is 0 Å². The summed E-state index contributed by atoms with van der Waals surface area (Å²) in [6, 6.07) is 25.6. The van der Waals surface area contributed by atoms with Gasteiger partial charge < -0.3 is 51.2 Å². The summed E-state index contributed by atoms with van der Waals surface area (Å²) in [5.74, 6) is -2.08. The van der Waals surface area contributed by atoms with Crippen LogP contribution < -0.4 is 26.6 Å². The molecule has 348 valence electrons. The summed E-state index contributed by atoms with van der Waals surface area (Å²) in [6.45, 7) is 5.80. The average molecular weight is 911 g/mol. The molecule has 67 heavy (non-hydrogen) atoms. The van der Waals surface area contributed by atoms with Crippen LogP contribution in [0.1, 0.15) is 92.9 Å². The van der Waals surface area contributed by atoms with Gasteiger partial charge in [0, 0.05) is 41.4 Å². The molecule has 7 N–H and O–H groups in total. The average Bonchev–Trinajstić information content (AvgIpc) is 3.64. The molecule has 3 heterocycles. The highest BCUT2D eigenvalue weighted by Gasteiger charge is 2.40. The fourth-order valence-corrected chi connectivity index (χ4v) is 8.73. The van der Waals surface area contributed by atoms with Crippen molar-refractivity contribution in [2.75, 3.05) is 23.7 Å². The number of nitrogens with zero attached hydrogens (tertiary/aromatic N) is 2. The zero-order chi connectivity index (χ0) is 47.4. The van der Waals surface area contributed by atoms with E-state index in [-0.39, 0.29) is 11.9 Å². The molecule has 17 heteroatoms. The third-order valence-corrected chi connectivity index (χ3v) is 12.0. The number of carbonyl (C=O) groups is 7. The second-order valence-corrected chi connectivity index (χ2v) is 18.1. The number of nitrogens with one attached hydrogen (secondary N) is 6. The Kier molecular flexibility index (Phi) is 13.3. The van der Waals surface area contributed by atoms with Gasteiger partial charge in [0.2, 0.25) is 11.8 Å². The van der Waals surface area contributed by atoms with Crippen molar-refractivity contribution in [2.45, 2.75) is 95.1 Å². The first-order valence-corrected chi connectivity index (χ1v) is 22.5. The molecule has 4 aromatic carbocycles. The fraction of sp³-hybridized carbons (Fsp3) is 0.340. The highest BCUT2D eigenvalue weighted by atomic mass is 16.6. The number of benzene rings is 4. The molecule has 1 aromatic heterocycles. The molecular weight excluding hydrogens is 857 g/mol. The standard InChI is InChI=1S/C50H54N8O9/c1-50(2,3)67-49(66)56-42(30-14-8-5-9-15-30)47(63)58-27-11-17-38(58)44(60)53-34-24-25-36-35(28-34)39(45(61)52-33-22-23-33)40(54-36)31-18-20-32(21-19-31)51-43(59)37-16-10-26-57(37)46(62)41(55-48(64)65)29-12-6-4-7-13-29/h4-9,12-15,18-21,24-25,28,33,37-38,41-42,54-55H,10-11,16-17,22-23,26-27H2,1-3H3,(H,51,59)(H,52,61)(H,53,60)(H,56,66)(H,64,65)/t37-,38-,41+,42+/m0/s1. The number of fused-ring (bicyclic) bond motifs is 1. The lowest BCUT2D eigenvalue weighted by molar-refractivity contribution is -0.138. The number of ether oxygens (including phenoxy) is 1. The summed E-state index contributed by atoms with van der Waals surface area (Å²) in [7, 11) is 0. The van der Waals surface area contributed by atoms with Gasteiger partial charge in [-0.15, -0.1) is 0 Å². The first kappa shape index (κ1) is 45.9. The van der Waals surface area contributed by atoms with E-state index in [4.69, 9.17) is 4.74 Å². The summed E-state index contributed by atoms with van der Waals surface area (Å²) in [4.78, 5) is 100. The van der Waals surface area contributed by atoms with Crippen molar-refractivity contribution in [2.24, 2.45) is 0 Å². The number of likely N-dealkylation sites (tertiary alicyclic amines) is 2. The van der Waals surface area contributed by atoms with E-state index in [1.54, 1.807) is 124 Å². The van der Waals surface area contributed by atoms with Crippen LogP contribution in [-0.4, -0.2) is 98.4 Å².